The van der Waals surface area contributed by atoms with E-state index in [0.717, 1.165) is 11.1 Å². The summed E-state index contributed by atoms with van der Waals surface area (Å²) >= 11 is 0. The van der Waals surface area contributed by atoms with Crippen LogP contribution in [0, 0.1) is 6.92 Å². The molecule has 0 saturated heterocycles. The second kappa shape index (κ2) is 5.39. The van der Waals surface area contributed by atoms with Crippen molar-refractivity contribution >= 4 is 18.1 Å². The minimum Gasteiger partial charge on any atom is -0.292 e. The summed E-state index contributed by atoms with van der Waals surface area (Å²) in [4.78, 5) is 33.2. The predicted octanol–water partition coefficient (Wildman–Crippen LogP) is 1.57. The number of hydrogen-bond acceptors (Lipinski definition) is 3. The van der Waals surface area contributed by atoms with Gasteiger partial charge in [-0.15, -0.1) is 0 Å². The van der Waals surface area contributed by atoms with Gasteiger partial charge in [0.2, 0.25) is 6.41 Å². The Balaban J connectivity index is 3.12. The molecule has 1 aromatic rings. The number of imide groups is 1. The smallest absolute Gasteiger partial charge is 0.292 e. The summed E-state index contributed by atoms with van der Waals surface area (Å²) in [6.45, 7) is 5.76. The van der Waals surface area contributed by atoms with Gasteiger partial charge >= 0.3 is 0 Å². The topological polar surface area (TPSA) is 63.2 Å². The number of ketones is 1. The first-order valence-electron chi connectivity index (χ1n) is 5.36. The van der Waals surface area contributed by atoms with E-state index < -0.39 is 11.7 Å². The molecule has 1 rings (SSSR count). The van der Waals surface area contributed by atoms with Crippen molar-refractivity contribution in [2.45, 2.75) is 26.7 Å². The first-order valence-corrected chi connectivity index (χ1v) is 5.36. The van der Waals surface area contributed by atoms with Crippen LogP contribution in [0.25, 0.3) is 0 Å². The van der Waals surface area contributed by atoms with Crippen LogP contribution < -0.4 is 5.32 Å². The summed E-state index contributed by atoms with van der Waals surface area (Å²) < 4.78 is 0. The van der Waals surface area contributed by atoms with Gasteiger partial charge in [-0.1, -0.05) is 26.0 Å². The van der Waals surface area contributed by atoms with E-state index in [1.165, 1.54) is 0 Å². The molecule has 17 heavy (non-hydrogen) atoms. The highest BCUT2D eigenvalue weighted by Gasteiger charge is 2.18. The van der Waals surface area contributed by atoms with E-state index in [-0.39, 0.29) is 12.3 Å². The molecule has 0 atom stereocenters. The number of aryl methyl sites for hydroxylation is 1. The van der Waals surface area contributed by atoms with Gasteiger partial charge in [-0.2, -0.15) is 0 Å². The van der Waals surface area contributed by atoms with Gasteiger partial charge in [0.1, 0.15) is 0 Å². The van der Waals surface area contributed by atoms with Crippen molar-refractivity contribution in [2.24, 2.45) is 0 Å². The maximum atomic E-state index is 11.8. The van der Waals surface area contributed by atoms with E-state index in [9.17, 15) is 14.4 Å². The number of hydrogen-bond donors (Lipinski definition) is 1. The summed E-state index contributed by atoms with van der Waals surface area (Å²) in [6, 6.07) is 5.43. The van der Waals surface area contributed by atoms with E-state index in [1.54, 1.807) is 19.1 Å². The van der Waals surface area contributed by atoms with Gasteiger partial charge in [0.15, 0.2) is 0 Å². The van der Waals surface area contributed by atoms with Crippen LogP contribution >= 0.6 is 0 Å². The summed E-state index contributed by atoms with van der Waals surface area (Å²) in [6.07, 6.45) is 0.210. The fourth-order valence-electron chi connectivity index (χ4n) is 1.48. The van der Waals surface area contributed by atoms with Gasteiger partial charge in [-0.3, -0.25) is 19.7 Å². The van der Waals surface area contributed by atoms with Crippen LogP contribution in [0.5, 0.6) is 0 Å². The lowest BCUT2D eigenvalue weighted by molar-refractivity contribution is -0.122. The fourth-order valence-corrected chi connectivity index (χ4v) is 1.48. The predicted molar refractivity (Wildman–Crippen MR) is 63.8 cm³/mol. The highest BCUT2D eigenvalue weighted by Crippen LogP contribution is 2.19. The third-order valence-electron chi connectivity index (χ3n) is 2.57. The first-order chi connectivity index (χ1) is 7.97. The zero-order valence-corrected chi connectivity index (χ0v) is 10.1. The Labute approximate surface area is 100 Å². The van der Waals surface area contributed by atoms with Gasteiger partial charge in [0.05, 0.1) is 0 Å². The first kappa shape index (κ1) is 13.1. The summed E-state index contributed by atoms with van der Waals surface area (Å²) in [5.41, 5.74) is 2.05. The van der Waals surface area contributed by atoms with Crippen molar-refractivity contribution in [3.8, 4) is 0 Å². The van der Waals surface area contributed by atoms with Crippen LogP contribution in [0.3, 0.4) is 0 Å². The van der Waals surface area contributed by atoms with E-state index in [0.29, 0.717) is 5.56 Å². The Morgan fingerprint density at radius 3 is 2.47 bits per heavy atom. The molecule has 2 amide bonds. The second-order valence-corrected chi connectivity index (χ2v) is 4.15. The lowest BCUT2D eigenvalue weighted by atomic mass is 9.95. The average Bonchev–Trinajstić information content (AvgIpc) is 2.28. The SMILES string of the molecule is Cc1ccc(C(C)C)cc1C(=O)C(=O)NC=O. The molecule has 0 spiro atoms. The molecule has 0 bridgehead atoms. The molecular formula is C13H15NO3. The number of nitrogens with one attached hydrogen (secondary N) is 1. The molecule has 1 N–H and O–H groups in total. The fraction of sp³-hybridized carbons (Fsp3) is 0.308. The van der Waals surface area contributed by atoms with Crippen molar-refractivity contribution in [1.29, 1.82) is 0 Å². The van der Waals surface area contributed by atoms with E-state index in [1.807, 2.05) is 25.2 Å². The minimum absolute atomic E-state index is 0.210. The molecule has 0 radical (unpaired) electrons. The molecule has 0 aromatic heterocycles. The van der Waals surface area contributed by atoms with Crippen molar-refractivity contribution in [3.63, 3.8) is 0 Å². The number of Topliss-reactive ketones (excluding diaryl/α,β-unsaturated/α-hetero) is 1. The highest BCUT2D eigenvalue weighted by atomic mass is 16.2. The number of carbonyl (C=O) groups is 3. The Hall–Kier alpha value is -1.97. The molecule has 0 aliphatic carbocycles. The third-order valence-corrected chi connectivity index (χ3v) is 2.57. The minimum atomic E-state index is -0.899. The molecule has 4 heteroatoms. The molecule has 0 aliphatic heterocycles. The standard InChI is InChI=1S/C13H15NO3/c1-8(2)10-5-4-9(3)11(6-10)12(16)13(17)14-7-15/h4-8H,1-3H3,(H,14,15,17). The molecule has 1 aromatic carbocycles. The molecule has 0 unspecified atom stereocenters. The summed E-state index contributed by atoms with van der Waals surface area (Å²) in [5.74, 6) is -1.31. The van der Waals surface area contributed by atoms with Gasteiger partial charge in [0.25, 0.3) is 11.7 Å². The summed E-state index contributed by atoms with van der Waals surface area (Å²) in [5, 5.41) is 1.85. The van der Waals surface area contributed by atoms with Crippen LogP contribution in [0.4, 0.5) is 0 Å². The Bertz CT molecular complexity index is 464. The van der Waals surface area contributed by atoms with Gasteiger partial charge in [-0.05, 0) is 30.0 Å². The van der Waals surface area contributed by atoms with Crippen molar-refractivity contribution in [3.05, 3.63) is 34.9 Å². The number of benzene rings is 1. The lowest BCUT2D eigenvalue weighted by Gasteiger charge is -2.09. The molecular weight excluding hydrogens is 218 g/mol. The summed E-state index contributed by atoms with van der Waals surface area (Å²) in [7, 11) is 0. The van der Waals surface area contributed by atoms with Crippen molar-refractivity contribution < 1.29 is 14.4 Å². The Morgan fingerprint density at radius 1 is 1.29 bits per heavy atom. The lowest BCUT2D eigenvalue weighted by Crippen LogP contribution is -2.30. The van der Waals surface area contributed by atoms with Crippen LogP contribution in [0.1, 0.15) is 41.3 Å². The zero-order chi connectivity index (χ0) is 13.0. The van der Waals surface area contributed by atoms with Gasteiger partial charge in [0, 0.05) is 5.56 Å². The van der Waals surface area contributed by atoms with Crippen LogP contribution in [-0.4, -0.2) is 18.1 Å². The maximum Gasteiger partial charge on any atom is 0.298 e. The van der Waals surface area contributed by atoms with Crippen LogP contribution in [0.2, 0.25) is 0 Å². The van der Waals surface area contributed by atoms with Crippen molar-refractivity contribution in [2.75, 3.05) is 0 Å². The number of amides is 2. The van der Waals surface area contributed by atoms with E-state index in [2.05, 4.69) is 0 Å². The number of rotatable bonds is 4. The largest absolute Gasteiger partial charge is 0.298 e. The second-order valence-electron chi connectivity index (χ2n) is 4.15. The van der Waals surface area contributed by atoms with Crippen LogP contribution in [-0.2, 0) is 9.59 Å². The molecule has 4 nitrogen and oxygen atoms in total. The zero-order valence-electron chi connectivity index (χ0n) is 10.1. The van der Waals surface area contributed by atoms with Gasteiger partial charge in [-0.25, -0.2) is 0 Å². The van der Waals surface area contributed by atoms with Crippen molar-refractivity contribution in [1.82, 2.24) is 5.32 Å². The maximum absolute atomic E-state index is 11.8. The molecule has 0 saturated carbocycles. The van der Waals surface area contributed by atoms with Crippen LogP contribution in [0.15, 0.2) is 18.2 Å². The highest BCUT2D eigenvalue weighted by molar-refractivity contribution is 6.44. The van der Waals surface area contributed by atoms with Gasteiger partial charge < -0.3 is 0 Å². The van der Waals surface area contributed by atoms with E-state index in [4.69, 9.17) is 0 Å². The normalized spacial score (nSPS) is 10.1. The Morgan fingerprint density at radius 2 is 1.94 bits per heavy atom. The molecule has 90 valence electrons. The monoisotopic (exact) mass is 233 g/mol. The molecule has 0 fully saturated rings. The molecule has 0 heterocycles. The average molecular weight is 233 g/mol. The number of carbonyl (C=O) groups excluding carboxylic acids is 3. The molecule has 0 aliphatic rings. The quantitative estimate of drug-likeness (QED) is 0.488. The third kappa shape index (κ3) is 3.00. The Kier molecular flexibility index (Phi) is 4.15. The van der Waals surface area contributed by atoms with E-state index >= 15 is 0 Å².